The van der Waals surface area contributed by atoms with E-state index in [-0.39, 0.29) is 12.5 Å². The van der Waals surface area contributed by atoms with Gasteiger partial charge in [0.25, 0.3) is 5.91 Å². The van der Waals surface area contributed by atoms with Crippen molar-refractivity contribution < 1.29 is 9.63 Å². The van der Waals surface area contributed by atoms with Crippen molar-refractivity contribution in [3.05, 3.63) is 58.6 Å². The number of benzene rings is 2. The van der Waals surface area contributed by atoms with Gasteiger partial charge in [-0.15, -0.1) is 11.8 Å². The molecule has 0 saturated heterocycles. The first-order valence-electron chi connectivity index (χ1n) is 6.53. The smallest absolute Gasteiger partial charge is 0.265 e. The van der Waals surface area contributed by atoms with Crippen molar-refractivity contribution in [2.75, 3.05) is 18.2 Å². The molecule has 2 aromatic carbocycles. The van der Waals surface area contributed by atoms with Gasteiger partial charge in [0.15, 0.2) is 6.61 Å². The molecule has 114 valence electrons. The second-order valence-corrected chi connectivity index (χ2v) is 6.04. The lowest BCUT2D eigenvalue weighted by Gasteiger charge is -2.05. The Morgan fingerprint density at radius 3 is 2.91 bits per heavy atom. The molecule has 0 radical (unpaired) electrons. The maximum atomic E-state index is 11.8. The molecule has 0 saturated carbocycles. The maximum absolute atomic E-state index is 11.8. The minimum atomic E-state index is -0.248. The Hall–Kier alpha value is -1.79. The maximum Gasteiger partial charge on any atom is 0.265 e. The number of nitrogens with one attached hydrogen (secondary N) is 1. The average molecular weight is 379 g/mol. The van der Waals surface area contributed by atoms with Crippen molar-refractivity contribution in [2.24, 2.45) is 5.16 Å². The molecule has 0 aromatic heterocycles. The van der Waals surface area contributed by atoms with Crippen LogP contribution in [0.4, 0.5) is 5.69 Å². The minimum Gasteiger partial charge on any atom is -0.386 e. The van der Waals surface area contributed by atoms with E-state index in [2.05, 4.69) is 26.4 Å². The van der Waals surface area contributed by atoms with E-state index >= 15 is 0 Å². The molecule has 0 unspecified atom stereocenters. The van der Waals surface area contributed by atoms with Crippen LogP contribution in [0, 0.1) is 0 Å². The largest absolute Gasteiger partial charge is 0.386 e. The highest BCUT2D eigenvalue weighted by Gasteiger charge is 2.03. The second-order valence-electron chi connectivity index (χ2n) is 4.31. The Balaban J connectivity index is 1.81. The van der Waals surface area contributed by atoms with Crippen LogP contribution in [0.3, 0.4) is 0 Å². The summed E-state index contributed by atoms with van der Waals surface area (Å²) >= 11 is 5.03. The van der Waals surface area contributed by atoms with Crippen molar-refractivity contribution in [3.63, 3.8) is 0 Å². The fourth-order valence-electron chi connectivity index (χ4n) is 1.67. The molecule has 0 aliphatic heterocycles. The number of rotatable bonds is 6. The van der Waals surface area contributed by atoms with Crippen molar-refractivity contribution in [3.8, 4) is 0 Å². The molecule has 0 aliphatic rings. The molecule has 4 nitrogen and oxygen atoms in total. The van der Waals surface area contributed by atoms with E-state index in [9.17, 15) is 4.79 Å². The van der Waals surface area contributed by atoms with Gasteiger partial charge < -0.3 is 10.2 Å². The Kier molecular flexibility index (Phi) is 6.48. The lowest BCUT2D eigenvalue weighted by molar-refractivity contribution is -0.120. The minimum absolute atomic E-state index is 0.134. The summed E-state index contributed by atoms with van der Waals surface area (Å²) in [5.41, 5.74) is 1.63. The van der Waals surface area contributed by atoms with Crippen LogP contribution in [0.25, 0.3) is 0 Å². The SMILES string of the molecule is CSc1cccc(NC(=O)CO/N=C\c2ccccc2Br)c1. The number of thioether (sulfide) groups is 1. The van der Waals surface area contributed by atoms with Gasteiger partial charge >= 0.3 is 0 Å². The van der Waals surface area contributed by atoms with E-state index in [4.69, 9.17) is 4.84 Å². The van der Waals surface area contributed by atoms with Crippen LogP contribution in [0.1, 0.15) is 5.56 Å². The van der Waals surface area contributed by atoms with Crippen LogP contribution in [0.2, 0.25) is 0 Å². The monoisotopic (exact) mass is 378 g/mol. The predicted octanol–water partition coefficient (Wildman–Crippen LogP) is 4.16. The normalized spacial score (nSPS) is 10.6. The Bertz CT molecular complexity index is 677. The third kappa shape index (κ3) is 5.20. The van der Waals surface area contributed by atoms with Gasteiger partial charge in [-0.05, 0) is 30.5 Å². The van der Waals surface area contributed by atoms with Crippen LogP contribution in [0.15, 0.2) is 63.1 Å². The number of carbonyl (C=O) groups excluding carboxylic acids is 1. The molecule has 0 spiro atoms. The van der Waals surface area contributed by atoms with Gasteiger partial charge in [0, 0.05) is 20.6 Å². The molecule has 1 amide bonds. The summed E-state index contributed by atoms with van der Waals surface area (Å²) in [5.74, 6) is -0.248. The van der Waals surface area contributed by atoms with Crippen LogP contribution in [0.5, 0.6) is 0 Å². The molecule has 0 heterocycles. The molecule has 22 heavy (non-hydrogen) atoms. The second kappa shape index (κ2) is 8.60. The van der Waals surface area contributed by atoms with Crippen molar-refractivity contribution in [1.82, 2.24) is 0 Å². The number of amides is 1. The van der Waals surface area contributed by atoms with E-state index in [1.807, 2.05) is 54.8 Å². The highest BCUT2D eigenvalue weighted by atomic mass is 79.9. The van der Waals surface area contributed by atoms with Crippen LogP contribution in [-0.2, 0) is 9.63 Å². The number of anilines is 1. The molecular formula is C16H15BrN2O2S. The summed E-state index contributed by atoms with van der Waals surface area (Å²) in [4.78, 5) is 17.9. The highest BCUT2D eigenvalue weighted by molar-refractivity contribution is 9.10. The van der Waals surface area contributed by atoms with Crippen molar-refractivity contribution in [1.29, 1.82) is 0 Å². The van der Waals surface area contributed by atoms with Gasteiger partial charge in [-0.1, -0.05) is 45.4 Å². The van der Waals surface area contributed by atoms with Gasteiger partial charge in [-0.25, -0.2) is 0 Å². The molecule has 2 aromatic rings. The average Bonchev–Trinajstić information content (AvgIpc) is 2.53. The van der Waals surface area contributed by atoms with Crippen molar-refractivity contribution >= 4 is 45.5 Å². The van der Waals surface area contributed by atoms with E-state index in [1.165, 1.54) is 0 Å². The van der Waals surface area contributed by atoms with Crippen LogP contribution >= 0.6 is 27.7 Å². The van der Waals surface area contributed by atoms with Gasteiger partial charge in [0.05, 0.1) is 6.21 Å². The standard InChI is InChI=1S/C16H15BrN2O2S/c1-22-14-7-4-6-13(9-14)19-16(20)11-21-18-10-12-5-2-3-8-15(12)17/h2-10H,11H2,1H3,(H,19,20)/b18-10-. The third-order valence-corrected chi connectivity index (χ3v) is 4.17. The van der Waals surface area contributed by atoms with E-state index in [0.29, 0.717) is 0 Å². The Labute approximate surface area is 142 Å². The third-order valence-electron chi connectivity index (χ3n) is 2.72. The molecule has 2 rings (SSSR count). The van der Waals surface area contributed by atoms with E-state index in [1.54, 1.807) is 18.0 Å². The first-order valence-corrected chi connectivity index (χ1v) is 8.54. The molecular weight excluding hydrogens is 364 g/mol. The Morgan fingerprint density at radius 2 is 2.14 bits per heavy atom. The summed E-state index contributed by atoms with van der Waals surface area (Å²) in [6.45, 7) is -0.134. The van der Waals surface area contributed by atoms with E-state index in [0.717, 1.165) is 20.6 Å². The summed E-state index contributed by atoms with van der Waals surface area (Å²) in [6.07, 6.45) is 3.55. The fourth-order valence-corrected chi connectivity index (χ4v) is 2.51. The summed E-state index contributed by atoms with van der Waals surface area (Å²) in [7, 11) is 0. The number of oxime groups is 1. The number of halogens is 1. The first-order chi connectivity index (χ1) is 10.7. The molecule has 1 N–H and O–H groups in total. The summed E-state index contributed by atoms with van der Waals surface area (Å²) in [5, 5.41) is 6.56. The number of nitrogens with zero attached hydrogens (tertiary/aromatic N) is 1. The topological polar surface area (TPSA) is 50.7 Å². The summed E-state index contributed by atoms with van der Waals surface area (Å²) < 4.78 is 0.917. The van der Waals surface area contributed by atoms with Crippen LogP contribution < -0.4 is 5.32 Å². The van der Waals surface area contributed by atoms with Crippen molar-refractivity contribution in [2.45, 2.75) is 4.90 Å². The lowest BCUT2D eigenvalue weighted by atomic mass is 10.2. The van der Waals surface area contributed by atoms with Gasteiger partial charge in [-0.2, -0.15) is 0 Å². The Morgan fingerprint density at radius 1 is 1.32 bits per heavy atom. The van der Waals surface area contributed by atoms with Gasteiger partial charge in [-0.3, -0.25) is 4.79 Å². The zero-order valence-electron chi connectivity index (χ0n) is 12.0. The zero-order chi connectivity index (χ0) is 15.8. The molecule has 0 fully saturated rings. The zero-order valence-corrected chi connectivity index (χ0v) is 14.4. The first kappa shape index (κ1) is 16.6. The predicted molar refractivity (Wildman–Crippen MR) is 94.5 cm³/mol. The van der Waals surface area contributed by atoms with Crippen LogP contribution in [-0.4, -0.2) is 25.0 Å². The lowest BCUT2D eigenvalue weighted by Crippen LogP contribution is -2.16. The van der Waals surface area contributed by atoms with Gasteiger partial charge in [0.1, 0.15) is 0 Å². The quantitative estimate of drug-likeness (QED) is 0.466. The van der Waals surface area contributed by atoms with Gasteiger partial charge in [0.2, 0.25) is 0 Å². The molecule has 0 aliphatic carbocycles. The number of hydrogen-bond donors (Lipinski definition) is 1. The molecule has 0 atom stereocenters. The molecule has 0 bridgehead atoms. The summed E-state index contributed by atoms with van der Waals surface area (Å²) in [6, 6.07) is 15.2. The number of carbonyl (C=O) groups is 1. The highest BCUT2D eigenvalue weighted by Crippen LogP contribution is 2.18. The molecule has 6 heteroatoms. The number of hydrogen-bond acceptors (Lipinski definition) is 4. The van der Waals surface area contributed by atoms with E-state index < -0.39 is 0 Å². The fraction of sp³-hybridized carbons (Fsp3) is 0.125.